The Labute approximate surface area is 97.8 Å². The maximum absolute atomic E-state index is 5.89. The molecule has 0 fully saturated rings. The number of halogens is 1. The number of rotatable bonds is 7. The van der Waals surface area contributed by atoms with Gasteiger partial charge < -0.3 is 5.32 Å². The number of hydrogen-bond donors (Lipinski definition) is 1. The maximum atomic E-state index is 5.89. The van der Waals surface area contributed by atoms with Gasteiger partial charge in [0.15, 0.2) is 0 Å². The molecule has 84 valence electrons. The van der Waals surface area contributed by atoms with Crippen LogP contribution in [0.4, 0.5) is 5.69 Å². The highest BCUT2D eigenvalue weighted by Gasteiger charge is 1.93. The van der Waals surface area contributed by atoms with Crippen LogP contribution in [0.3, 0.4) is 0 Å². The van der Waals surface area contributed by atoms with Gasteiger partial charge in [0, 0.05) is 17.3 Å². The molecule has 1 aromatic rings. The number of nitrogens with one attached hydrogen (secondary N) is 1. The lowest BCUT2D eigenvalue weighted by molar-refractivity contribution is 0.645. The summed E-state index contributed by atoms with van der Waals surface area (Å²) in [7, 11) is 0. The SMILES string of the molecule is CCCCCCCNc1cccc(Cl)c1. The lowest BCUT2D eigenvalue weighted by atomic mass is 10.1. The summed E-state index contributed by atoms with van der Waals surface area (Å²) in [6, 6.07) is 7.89. The van der Waals surface area contributed by atoms with Crippen LogP contribution in [0.1, 0.15) is 39.0 Å². The van der Waals surface area contributed by atoms with Gasteiger partial charge in [0.05, 0.1) is 0 Å². The highest BCUT2D eigenvalue weighted by Crippen LogP contribution is 2.14. The van der Waals surface area contributed by atoms with E-state index in [2.05, 4.69) is 18.3 Å². The quantitative estimate of drug-likeness (QED) is 0.662. The molecule has 0 bridgehead atoms. The molecule has 0 radical (unpaired) electrons. The van der Waals surface area contributed by atoms with Crippen LogP contribution in [0, 0.1) is 0 Å². The largest absolute Gasteiger partial charge is 0.385 e. The van der Waals surface area contributed by atoms with Gasteiger partial charge in [-0.3, -0.25) is 0 Å². The summed E-state index contributed by atoms with van der Waals surface area (Å²) in [5, 5.41) is 4.18. The van der Waals surface area contributed by atoms with E-state index in [0.29, 0.717) is 0 Å². The fourth-order valence-electron chi connectivity index (χ4n) is 1.56. The van der Waals surface area contributed by atoms with Crippen molar-refractivity contribution in [2.75, 3.05) is 11.9 Å². The Morgan fingerprint density at radius 2 is 1.93 bits per heavy atom. The second kappa shape index (κ2) is 7.58. The zero-order chi connectivity index (χ0) is 10.9. The molecule has 0 aliphatic heterocycles. The van der Waals surface area contributed by atoms with E-state index in [-0.39, 0.29) is 0 Å². The summed E-state index contributed by atoms with van der Waals surface area (Å²) in [5.74, 6) is 0. The first-order chi connectivity index (χ1) is 7.33. The monoisotopic (exact) mass is 225 g/mol. The minimum Gasteiger partial charge on any atom is -0.385 e. The lowest BCUT2D eigenvalue weighted by Gasteiger charge is -2.06. The first-order valence-corrected chi connectivity index (χ1v) is 6.20. The van der Waals surface area contributed by atoms with Gasteiger partial charge in [-0.15, -0.1) is 0 Å². The number of unbranched alkanes of at least 4 members (excludes halogenated alkanes) is 4. The van der Waals surface area contributed by atoms with E-state index in [9.17, 15) is 0 Å². The van der Waals surface area contributed by atoms with E-state index in [1.807, 2.05) is 18.2 Å². The molecule has 0 unspecified atom stereocenters. The Bertz CT molecular complexity index is 273. The number of anilines is 1. The van der Waals surface area contributed by atoms with Crippen LogP contribution in [0.2, 0.25) is 5.02 Å². The molecule has 15 heavy (non-hydrogen) atoms. The van der Waals surface area contributed by atoms with Crippen LogP contribution in [-0.4, -0.2) is 6.54 Å². The second-order valence-corrected chi connectivity index (χ2v) is 4.29. The van der Waals surface area contributed by atoms with Crippen LogP contribution in [0.15, 0.2) is 24.3 Å². The van der Waals surface area contributed by atoms with Crippen molar-refractivity contribution in [2.24, 2.45) is 0 Å². The molecule has 2 heteroatoms. The average Bonchev–Trinajstić information content (AvgIpc) is 2.23. The first kappa shape index (κ1) is 12.4. The Kier molecular flexibility index (Phi) is 6.26. The molecule has 0 saturated heterocycles. The summed E-state index contributed by atoms with van der Waals surface area (Å²) in [4.78, 5) is 0. The molecule has 1 nitrogen and oxygen atoms in total. The smallest absolute Gasteiger partial charge is 0.0426 e. The third-order valence-electron chi connectivity index (χ3n) is 2.43. The van der Waals surface area contributed by atoms with Gasteiger partial charge in [0.1, 0.15) is 0 Å². The van der Waals surface area contributed by atoms with Crippen LogP contribution in [0.25, 0.3) is 0 Å². The average molecular weight is 226 g/mol. The van der Waals surface area contributed by atoms with Gasteiger partial charge in [-0.25, -0.2) is 0 Å². The normalized spacial score (nSPS) is 10.3. The van der Waals surface area contributed by atoms with Crippen molar-refractivity contribution in [3.05, 3.63) is 29.3 Å². The van der Waals surface area contributed by atoms with Crippen molar-refractivity contribution >= 4 is 17.3 Å². The maximum Gasteiger partial charge on any atom is 0.0426 e. The van der Waals surface area contributed by atoms with Crippen LogP contribution < -0.4 is 5.32 Å². The van der Waals surface area contributed by atoms with E-state index in [4.69, 9.17) is 11.6 Å². The summed E-state index contributed by atoms with van der Waals surface area (Å²) in [6.07, 6.45) is 6.58. The van der Waals surface area contributed by atoms with Crippen molar-refractivity contribution in [3.8, 4) is 0 Å². The predicted octanol–water partition coefficient (Wildman–Crippen LogP) is 4.72. The molecule has 0 heterocycles. The van der Waals surface area contributed by atoms with E-state index >= 15 is 0 Å². The predicted molar refractivity (Wildman–Crippen MR) is 68.7 cm³/mol. The molecule has 0 spiro atoms. The zero-order valence-electron chi connectivity index (χ0n) is 9.43. The third kappa shape index (κ3) is 5.68. The Hall–Kier alpha value is -0.690. The highest BCUT2D eigenvalue weighted by atomic mass is 35.5. The van der Waals surface area contributed by atoms with Gasteiger partial charge in [0.2, 0.25) is 0 Å². The molecule has 0 atom stereocenters. The van der Waals surface area contributed by atoms with Crippen molar-refractivity contribution < 1.29 is 0 Å². The van der Waals surface area contributed by atoms with Crippen LogP contribution in [-0.2, 0) is 0 Å². The molecule has 1 rings (SSSR count). The Balaban J connectivity index is 2.10. The van der Waals surface area contributed by atoms with Gasteiger partial charge >= 0.3 is 0 Å². The number of hydrogen-bond acceptors (Lipinski definition) is 1. The molecule has 0 amide bonds. The fourth-order valence-corrected chi connectivity index (χ4v) is 1.75. The van der Waals surface area contributed by atoms with Gasteiger partial charge in [-0.2, -0.15) is 0 Å². The Morgan fingerprint density at radius 3 is 2.67 bits per heavy atom. The van der Waals surface area contributed by atoms with Crippen molar-refractivity contribution in [1.29, 1.82) is 0 Å². The first-order valence-electron chi connectivity index (χ1n) is 5.82. The van der Waals surface area contributed by atoms with E-state index in [1.165, 1.54) is 32.1 Å². The topological polar surface area (TPSA) is 12.0 Å². The summed E-state index contributed by atoms with van der Waals surface area (Å²) >= 11 is 5.89. The van der Waals surface area contributed by atoms with E-state index in [0.717, 1.165) is 17.3 Å². The second-order valence-electron chi connectivity index (χ2n) is 3.85. The van der Waals surface area contributed by atoms with E-state index < -0.39 is 0 Å². The molecule has 0 aliphatic rings. The fraction of sp³-hybridized carbons (Fsp3) is 0.538. The van der Waals surface area contributed by atoms with Crippen LogP contribution in [0.5, 0.6) is 0 Å². The Morgan fingerprint density at radius 1 is 1.13 bits per heavy atom. The molecular formula is C13H20ClN. The van der Waals surface area contributed by atoms with E-state index in [1.54, 1.807) is 0 Å². The standard InChI is InChI=1S/C13H20ClN/c1-2-3-4-5-6-10-15-13-9-7-8-12(14)11-13/h7-9,11,15H,2-6,10H2,1H3. The van der Waals surface area contributed by atoms with Gasteiger partial charge in [-0.1, -0.05) is 50.3 Å². The highest BCUT2D eigenvalue weighted by molar-refractivity contribution is 6.30. The van der Waals surface area contributed by atoms with Crippen molar-refractivity contribution in [3.63, 3.8) is 0 Å². The van der Waals surface area contributed by atoms with Crippen molar-refractivity contribution in [2.45, 2.75) is 39.0 Å². The number of benzene rings is 1. The molecular weight excluding hydrogens is 206 g/mol. The zero-order valence-corrected chi connectivity index (χ0v) is 10.2. The minimum absolute atomic E-state index is 0.797. The third-order valence-corrected chi connectivity index (χ3v) is 2.67. The van der Waals surface area contributed by atoms with Crippen LogP contribution >= 0.6 is 11.6 Å². The lowest BCUT2D eigenvalue weighted by Crippen LogP contribution is -2.00. The van der Waals surface area contributed by atoms with Gasteiger partial charge in [0.25, 0.3) is 0 Å². The molecule has 0 aromatic heterocycles. The summed E-state index contributed by atoms with van der Waals surface area (Å²) in [6.45, 7) is 3.29. The van der Waals surface area contributed by atoms with Gasteiger partial charge in [-0.05, 0) is 24.6 Å². The minimum atomic E-state index is 0.797. The molecule has 1 aromatic carbocycles. The molecule has 0 saturated carbocycles. The van der Waals surface area contributed by atoms with Crippen molar-refractivity contribution in [1.82, 2.24) is 0 Å². The summed E-state index contributed by atoms with van der Waals surface area (Å²) < 4.78 is 0. The molecule has 1 N–H and O–H groups in total. The molecule has 0 aliphatic carbocycles. The summed E-state index contributed by atoms with van der Waals surface area (Å²) in [5.41, 5.74) is 1.12.